The van der Waals surface area contributed by atoms with Gasteiger partial charge in [0.05, 0.1) is 21.5 Å². The molecule has 0 aliphatic carbocycles. The third kappa shape index (κ3) is 5.10. The van der Waals surface area contributed by atoms with Crippen LogP contribution in [0.4, 0.5) is 13.2 Å². The summed E-state index contributed by atoms with van der Waals surface area (Å²) in [6, 6.07) is 12.0. The average Bonchev–Trinajstić information content (AvgIpc) is 2.77. The second kappa shape index (κ2) is 9.41. The third-order valence-electron chi connectivity index (χ3n) is 5.89. The van der Waals surface area contributed by atoms with Crippen LogP contribution in [-0.2, 0) is 21.0 Å². The van der Waals surface area contributed by atoms with Gasteiger partial charge in [-0.1, -0.05) is 41.9 Å². The first-order chi connectivity index (χ1) is 14.9. The van der Waals surface area contributed by atoms with Crippen LogP contribution in [0.3, 0.4) is 0 Å². The van der Waals surface area contributed by atoms with E-state index < -0.39 is 31.7 Å². The first-order valence-corrected chi connectivity index (χ1v) is 11.9. The first-order valence-electron chi connectivity index (χ1n) is 10.1. The van der Waals surface area contributed by atoms with Gasteiger partial charge in [-0.3, -0.25) is 4.79 Å². The van der Waals surface area contributed by atoms with E-state index in [1.165, 1.54) is 0 Å². The molecule has 2 aromatic carbocycles. The number of alkyl halides is 3. The van der Waals surface area contributed by atoms with Crippen molar-refractivity contribution in [1.29, 1.82) is 0 Å². The summed E-state index contributed by atoms with van der Waals surface area (Å²) in [6.45, 7) is 2.03. The van der Waals surface area contributed by atoms with Crippen molar-refractivity contribution in [2.75, 3.05) is 20.1 Å². The fraction of sp³-hybridized carbons (Fsp3) is 0.409. The summed E-state index contributed by atoms with van der Waals surface area (Å²) in [5, 5.41) is -0.559. The number of amides is 1. The van der Waals surface area contributed by atoms with Gasteiger partial charge in [0.2, 0.25) is 15.9 Å². The SMILES string of the molecule is CC(c1ccccc1)N(C)C(=O)C1CCN(S(=O)(=O)c2ccc(Cl)c(C(F)(F)F)c2)CC1. The standard InChI is InChI=1S/C22H24ClF3N2O3S/c1-15(16-6-4-3-5-7-16)27(2)21(29)17-10-12-28(13-11-17)32(30,31)18-8-9-20(23)19(14-18)22(24,25)26/h3-9,14-15,17H,10-13H2,1-2H3. The van der Waals surface area contributed by atoms with Gasteiger partial charge in [-0.05, 0) is 43.5 Å². The Kier molecular flexibility index (Phi) is 7.21. The molecule has 1 unspecified atom stereocenters. The second-order valence-corrected chi connectivity index (χ2v) is 10.2. The fourth-order valence-electron chi connectivity index (χ4n) is 3.81. The molecule has 1 aliphatic rings. The van der Waals surface area contributed by atoms with Crippen LogP contribution in [0, 0.1) is 5.92 Å². The lowest BCUT2D eigenvalue weighted by molar-refractivity contribution is -0.138. The molecule has 2 aromatic rings. The van der Waals surface area contributed by atoms with Gasteiger partial charge in [-0.25, -0.2) is 8.42 Å². The summed E-state index contributed by atoms with van der Waals surface area (Å²) < 4.78 is 66.3. The number of hydrogen-bond acceptors (Lipinski definition) is 3. The van der Waals surface area contributed by atoms with Crippen molar-refractivity contribution in [3.8, 4) is 0 Å². The van der Waals surface area contributed by atoms with Crippen molar-refractivity contribution < 1.29 is 26.4 Å². The molecule has 1 heterocycles. The normalized spacial score (nSPS) is 17.2. The Morgan fingerprint density at radius 2 is 1.72 bits per heavy atom. The number of sulfonamides is 1. The zero-order valence-corrected chi connectivity index (χ0v) is 19.2. The molecule has 0 aromatic heterocycles. The molecule has 0 N–H and O–H groups in total. The van der Waals surface area contributed by atoms with Gasteiger partial charge in [0, 0.05) is 26.1 Å². The van der Waals surface area contributed by atoms with E-state index >= 15 is 0 Å². The minimum absolute atomic E-state index is 0.0519. The number of piperidine rings is 1. The van der Waals surface area contributed by atoms with Gasteiger partial charge in [-0.15, -0.1) is 0 Å². The zero-order chi connectivity index (χ0) is 23.7. The first kappa shape index (κ1) is 24.5. The van der Waals surface area contributed by atoms with Crippen molar-refractivity contribution in [3.05, 3.63) is 64.7 Å². The molecule has 1 aliphatic heterocycles. The highest BCUT2D eigenvalue weighted by molar-refractivity contribution is 7.89. The summed E-state index contributed by atoms with van der Waals surface area (Å²) >= 11 is 5.60. The summed E-state index contributed by atoms with van der Waals surface area (Å²) in [5.74, 6) is -0.433. The van der Waals surface area contributed by atoms with E-state index in [1.54, 1.807) is 11.9 Å². The van der Waals surface area contributed by atoms with Gasteiger partial charge in [0.15, 0.2) is 0 Å². The van der Waals surface area contributed by atoms with Crippen LogP contribution in [0.5, 0.6) is 0 Å². The Morgan fingerprint density at radius 1 is 1.12 bits per heavy atom. The Morgan fingerprint density at radius 3 is 2.28 bits per heavy atom. The number of rotatable bonds is 5. The molecular formula is C22H24ClF3N2O3S. The summed E-state index contributed by atoms with van der Waals surface area (Å²) in [4.78, 5) is 14.1. The summed E-state index contributed by atoms with van der Waals surface area (Å²) in [7, 11) is -2.42. The lowest BCUT2D eigenvalue weighted by atomic mass is 9.95. The van der Waals surface area contributed by atoms with E-state index in [0.717, 1.165) is 22.0 Å². The number of carbonyl (C=O) groups excluding carboxylic acids is 1. The maximum Gasteiger partial charge on any atom is 0.417 e. The number of hydrogen-bond donors (Lipinski definition) is 0. The van der Waals surface area contributed by atoms with E-state index in [4.69, 9.17) is 11.6 Å². The lowest BCUT2D eigenvalue weighted by Gasteiger charge is -2.34. The number of carbonyl (C=O) groups is 1. The average molecular weight is 489 g/mol. The van der Waals surface area contributed by atoms with Gasteiger partial charge in [0.1, 0.15) is 0 Å². The molecule has 0 saturated carbocycles. The zero-order valence-electron chi connectivity index (χ0n) is 17.6. The largest absolute Gasteiger partial charge is 0.417 e. The van der Waals surface area contributed by atoms with E-state index in [9.17, 15) is 26.4 Å². The van der Waals surface area contributed by atoms with Crippen molar-refractivity contribution in [2.45, 2.75) is 36.9 Å². The quantitative estimate of drug-likeness (QED) is 0.596. The van der Waals surface area contributed by atoms with Crippen LogP contribution >= 0.6 is 11.6 Å². The van der Waals surface area contributed by atoms with E-state index in [-0.39, 0.29) is 31.0 Å². The molecule has 1 atom stereocenters. The smallest absolute Gasteiger partial charge is 0.339 e. The number of benzene rings is 2. The van der Waals surface area contributed by atoms with Gasteiger partial charge in [0.25, 0.3) is 0 Å². The molecule has 0 spiro atoms. The van der Waals surface area contributed by atoms with Crippen molar-refractivity contribution >= 4 is 27.5 Å². The Bertz CT molecular complexity index is 1070. The maximum absolute atomic E-state index is 13.1. The van der Waals surface area contributed by atoms with Crippen LogP contribution in [0.15, 0.2) is 53.4 Å². The van der Waals surface area contributed by atoms with E-state index in [0.29, 0.717) is 18.9 Å². The minimum atomic E-state index is -4.76. The van der Waals surface area contributed by atoms with Crippen LogP contribution in [-0.4, -0.2) is 43.7 Å². The van der Waals surface area contributed by atoms with Crippen LogP contribution in [0.1, 0.15) is 36.9 Å². The summed E-state index contributed by atoms with van der Waals surface area (Å²) in [6.07, 6.45) is -4.17. The van der Waals surface area contributed by atoms with Crippen molar-refractivity contribution in [1.82, 2.24) is 9.21 Å². The van der Waals surface area contributed by atoms with Gasteiger partial charge < -0.3 is 4.90 Å². The highest BCUT2D eigenvalue weighted by Gasteiger charge is 2.37. The number of nitrogens with zero attached hydrogens (tertiary/aromatic N) is 2. The van der Waals surface area contributed by atoms with Gasteiger partial charge in [-0.2, -0.15) is 17.5 Å². The second-order valence-electron chi connectivity index (χ2n) is 7.85. The third-order valence-corrected chi connectivity index (χ3v) is 8.12. The van der Waals surface area contributed by atoms with Crippen molar-refractivity contribution in [2.24, 2.45) is 5.92 Å². The molecule has 32 heavy (non-hydrogen) atoms. The molecule has 1 fully saturated rings. The Hall–Kier alpha value is -2.10. The molecule has 174 valence electrons. The highest BCUT2D eigenvalue weighted by Crippen LogP contribution is 2.37. The predicted molar refractivity (Wildman–Crippen MR) is 116 cm³/mol. The molecular weight excluding hydrogens is 465 g/mol. The molecule has 0 radical (unpaired) electrons. The predicted octanol–water partition coefficient (Wildman–Crippen LogP) is 4.98. The fourth-order valence-corrected chi connectivity index (χ4v) is 5.53. The maximum atomic E-state index is 13.1. The van der Waals surface area contributed by atoms with Crippen LogP contribution < -0.4 is 0 Å². The molecule has 5 nitrogen and oxygen atoms in total. The van der Waals surface area contributed by atoms with Crippen LogP contribution in [0.25, 0.3) is 0 Å². The van der Waals surface area contributed by atoms with E-state index in [1.807, 2.05) is 37.3 Å². The Balaban J connectivity index is 1.69. The monoisotopic (exact) mass is 488 g/mol. The number of halogens is 4. The van der Waals surface area contributed by atoms with Crippen molar-refractivity contribution in [3.63, 3.8) is 0 Å². The topological polar surface area (TPSA) is 57.7 Å². The summed E-state index contributed by atoms with van der Waals surface area (Å²) in [5.41, 5.74) is -0.201. The van der Waals surface area contributed by atoms with Crippen LogP contribution in [0.2, 0.25) is 5.02 Å². The molecule has 3 rings (SSSR count). The molecule has 0 bridgehead atoms. The molecule has 1 amide bonds. The molecule has 10 heteroatoms. The lowest BCUT2D eigenvalue weighted by Crippen LogP contribution is -2.44. The minimum Gasteiger partial charge on any atom is -0.339 e. The highest BCUT2D eigenvalue weighted by atomic mass is 35.5. The van der Waals surface area contributed by atoms with Gasteiger partial charge >= 0.3 is 6.18 Å². The Labute approximate surface area is 190 Å². The molecule has 1 saturated heterocycles. The van der Waals surface area contributed by atoms with E-state index in [2.05, 4.69) is 0 Å².